The summed E-state index contributed by atoms with van der Waals surface area (Å²) in [5.74, 6) is 0.0394. The molecule has 4 nitrogen and oxygen atoms in total. The molecule has 1 atom stereocenters. The van der Waals surface area contributed by atoms with E-state index in [-0.39, 0.29) is 17.7 Å². The van der Waals surface area contributed by atoms with Crippen LogP contribution in [0.15, 0.2) is 24.3 Å². The molecule has 1 aromatic carbocycles. The summed E-state index contributed by atoms with van der Waals surface area (Å²) in [4.78, 5) is 26.4. The molecule has 0 aliphatic carbocycles. The molecule has 2 rings (SSSR count). The largest absolute Gasteiger partial charge is 0.329 e. The van der Waals surface area contributed by atoms with Crippen LogP contribution in [0.5, 0.6) is 0 Å². The predicted molar refractivity (Wildman–Crippen MR) is 79.7 cm³/mol. The second-order valence-corrected chi connectivity index (χ2v) is 5.37. The lowest BCUT2D eigenvalue weighted by Gasteiger charge is -2.34. The molecule has 4 heteroatoms. The third-order valence-corrected chi connectivity index (χ3v) is 3.94. The molecule has 110 valence electrons. The maximum atomic E-state index is 12.7. The molecule has 1 aliphatic heterocycles. The second-order valence-electron chi connectivity index (χ2n) is 5.37. The van der Waals surface area contributed by atoms with Crippen LogP contribution in [0.2, 0.25) is 0 Å². The normalized spacial score (nSPS) is 18.1. The summed E-state index contributed by atoms with van der Waals surface area (Å²) >= 11 is 0. The fourth-order valence-corrected chi connectivity index (χ4v) is 2.82. The molecule has 0 N–H and O–H groups in total. The van der Waals surface area contributed by atoms with Crippen LogP contribution in [0.4, 0.5) is 0 Å². The van der Waals surface area contributed by atoms with Crippen molar-refractivity contribution in [3.63, 3.8) is 0 Å². The molecule has 0 bridgehead atoms. The highest BCUT2D eigenvalue weighted by atomic mass is 16.2. The van der Waals surface area contributed by atoms with E-state index in [0.717, 1.165) is 24.8 Å². The van der Waals surface area contributed by atoms with E-state index in [1.165, 1.54) is 0 Å². The summed E-state index contributed by atoms with van der Waals surface area (Å²) in [6.07, 6.45) is 3.45. The average molecular weight is 284 g/mol. The Balaban J connectivity index is 2.22. The molecular formula is C17H20N2O2. The first-order valence-electron chi connectivity index (χ1n) is 7.47. The van der Waals surface area contributed by atoms with Gasteiger partial charge in [0.05, 0.1) is 18.5 Å². The van der Waals surface area contributed by atoms with E-state index in [4.69, 9.17) is 5.26 Å². The van der Waals surface area contributed by atoms with Gasteiger partial charge in [0.25, 0.3) is 5.91 Å². The van der Waals surface area contributed by atoms with Crippen molar-refractivity contribution in [3.8, 4) is 6.07 Å². The van der Waals surface area contributed by atoms with Crippen molar-refractivity contribution < 1.29 is 9.59 Å². The molecule has 1 saturated heterocycles. The van der Waals surface area contributed by atoms with Crippen LogP contribution in [0.1, 0.15) is 48.5 Å². The van der Waals surface area contributed by atoms with Gasteiger partial charge in [-0.2, -0.15) is 5.26 Å². The number of amides is 1. The number of likely N-dealkylation sites (tertiary alicyclic amines) is 1. The first-order valence-corrected chi connectivity index (χ1v) is 7.47. The molecule has 0 aromatic heterocycles. The third-order valence-electron chi connectivity index (χ3n) is 3.94. The molecular weight excluding hydrogens is 264 g/mol. The maximum absolute atomic E-state index is 12.7. The van der Waals surface area contributed by atoms with Crippen molar-refractivity contribution in [2.45, 2.75) is 45.1 Å². The van der Waals surface area contributed by atoms with E-state index >= 15 is 0 Å². The van der Waals surface area contributed by atoms with Crippen LogP contribution >= 0.6 is 0 Å². The van der Waals surface area contributed by atoms with E-state index in [0.29, 0.717) is 24.9 Å². The van der Waals surface area contributed by atoms with Gasteiger partial charge >= 0.3 is 0 Å². The lowest BCUT2D eigenvalue weighted by atomic mass is 9.96. The van der Waals surface area contributed by atoms with E-state index in [1.807, 2.05) is 13.0 Å². The van der Waals surface area contributed by atoms with Crippen molar-refractivity contribution in [1.82, 2.24) is 4.90 Å². The van der Waals surface area contributed by atoms with Gasteiger partial charge < -0.3 is 4.90 Å². The van der Waals surface area contributed by atoms with Crippen molar-refractivity contribution in [2.24, 2.45) is 0 Å². The van der Waals surface area contributed by atoms with Gasteiger partial charge in [0.2, 0.25) is 0 Å². The lowest BCUT2D eigenvalue weighted by molar-refractivity contribution is -0.124. The summed E-state index contributed by atoms with van der Waals surface area (Å²) in [6.45, 7) is 2.48. The number of piperidine rings is 1. The number of nitrogens with zero attached hydrogens (tertiary/aromatic N) is 2. The van der Waals surface area contributed by atoms with Crippen LogP contribution < -0.4 is 0 Å². The fraction of sp³-hybridized carbons (Fsp3) is 0.471. The zero-order valence-electron chi connectivity index (χ0n) is 12.3. The Morgan fingerprint density at radius 1 is 1.38 bits per heavy atom. The average Bonchev–Trinajstić information content (AvgIpc) is 2.54. The summed E-state index contributed by atoms with van der Waals surface area (Å²) in [5.41, 5.74) is 1.40. The van der Waals surface area contributed by atoms with Crippen LogP contribution in [-0.2, 0) is 11.2 Å². The van der Waals surface area contributed by atoms with Gasteiger partial charge in [0.15, 0.2) is 5.78 Å². The highest BCUT2D eigenvalue weighted by Gasteiger charge is 2.31. The van der Waals surface area contributed by atoms with Gasteiger partial charge in [0.1, 0.15) is 0 Å². The number of nitriles is 1. The monoisotopic (exact) mass is 284 g/mol. The predicted octanol–water partition coefficient (Wildman–Crippen LogP) is 2.73. The van der Waals surface area contributed by atoms with Crippen LogP contribution in [-0.4, -0.2) is 29.2 Å². The Labute approximate surface area is 125 Å². The molecule has 0 saturated carbocycles. The summed E-state index contributed by atoms with van der Waals surface area (Å²) < 4.78 is 0. The standard InChI is InChI=1S/C17H20N2O2/c1-2-16(20)15-8-3-4-11-19(15)17(21)14-7-5-6-13(12-14)9-10-18/h5-7,12,15H,2-4,8-9,11H2,1H3. The van der Waals surface area contributed by atoms with Crippen molar-refractivity contribution >= 4 is 11.7 Å². The van der Waals surface area contributed by atoms with E-state index in [9.17, 15) is 9.59 Å². The van der Waals surface area contributed by atoms with Gasteiger partial charge in [-0.1, -0.05) is 19.1 Å². The number of Topliss-reactive ketones (excluding diaryl/α,β-unsaturated/α-hetero) is 1. The zero-order chi connectivity index (χ0) is 15.2. The SMILES string of the molecule is CCC(=O)C1CCCCN1C(=O)c1cccc(CC#N)c1. The molecule has 1 aromatic rings. The molecule has 1 amide bonds. The quantitative estimate of drug-likeness (QED) is 0.854. The Bertz CT molecular complexity index is 574. The highest BCUT2D eigenvalue weighted by molar-refractivity contribution is 5.98. The first-order chi connectivity index (χ1) is 10.2. The van der Waals surface area contributed by atoms with E-state index < -0.39 is 0 Å². The minimum absolute atomic E-state index is 0.0960. The maximum Gasteiger partial charge on any atom is 0.254 e. The van der Waals surface area contributed by atoms with Gasteiger partial charge in [0, 0.05) is 18.5 Å². The van der Waals surface area contributed by atoms with Crippen LogP contribution in [0, 0.1) is 11.3 Å². The minimum Gasteiger partial charge on any atom is -0.329 e. The second kappa shape index (κ2) is 7.03. The number of hydrogen-bond acceptors (Lipinski definition) is 3. The minimum atomic E-state index is -0.282. The third kappa shape index (κ3) is 3.49. The zero-order valence-corrected chi connectivity index (χ0v) is 12.3. The molecule has 1 fully saturated rings. The molecule has 1 unspecified atom stereocenters. The van der Waals surface area contributed by atoms with Gasteiger partial charge in [-0.25, -0.2) is 0 Å². The van der Waals surface area contributed by atoms with Gasteiger partial charge in [-0.15, -0.1) is 0 Å². The number of ketones is 1. The van der Waals surface area contributed by atoms with E-state index in [1.54, 1.807) is 23.1 Å². The molecule has 0 spiro atoms. The van der Waals surface area contributed by atoms with Crippen LogP contribution in [0.3, 0.4) is 0 Å². The summed E-state index contributed by atoms with van der Waals surface area (Å²) in [6, 6.07) is 8.95. The summed E-state index contributed by atoms with van der Waals surface area (Å²) in [7, 11) is 0. The fourth-order valence-electron chi connectivity index (χ4n) is 2.82. The Hall–Kier alpha value is -2.15. The smallest absolute Gasteiger partial charge is 0.254 e. The Morgan fingerprint density at radius 3 is 2.90 bits per heavy atom. The molecule has 1 heterocycles. The van der Waals surface area contributed by atoms with Crippen molar-refractivity contribution in [1.29, 1.82) is 5.26 Å². The molecule has 21 heavy (non-hydrogen) atoms. The topological polar surface area (TPSA) is 61.2 Å². The number of benzene rings is 1. The highest BCUT2D eigenvalue weighted by Crippen LogP contribution is 2.21. The first kappa shape index (κ1) is 15.2. The van der Waals surface area contributed by atoms with Gasteiger partial charge in [-0.3, -0.25) is 9.59 Å². The molecule has 0 radical (unpaired) electrons. The Morgan fingerprint density at radius 2 is 2.19 bits per heavy atom. The number of carbonyl (C=O) groups excluding carboxylic acids is 2. The van der Waals surface area contributed by atoms with Gasteiger partial charge in [-0.05, 0) is 37.0 Å². The van der Waals surface area contributed by atoms with Crippen LogP contribution in [0.25, 0.3) is 0 Å². The number of carbonyl (C=O) groups is 2. The van der Waals surface area contributed by atoms with E-state index in [2.05, 4.69) is 6.07 Å². The lowest BCUT2D eigenvalue weighted by Crippen LogP contribution is -2.47. The van der Waals surface area contributed by atoms with Crippen molar-refractivity contribution in [2.75, 3.05) is 6.54 Å². The summed E-state index contributed by atoms with van der Waals surface area (Å²) in [5, 5.41) is 8.75. The molecule has 1 aliphatic rings. The number of hydrogen-bond donors (Lipinski definition) is 0. The number of rotatable bonds is 4. The van der Waals surface area contributed by atoms with Crippen molar-refractivity contribution in [3.05, 3.63) is 35.4 Å². The Kier molecular flexibility index (Phi) is 5.10.